The maximum absolute atomic E-state index is 13.2. The molecule has 3 aromatic rings. The lowest BCUT2D eigenvalue weighted by molar-refractivity contribution is -0.133. The number of aryl methyl sites for hydroxylation is 1. The number of likely N-dealkylation sites (tertiary alicyclic amines) is 1. The first-order valence-electron chi connectivity index (χ1n) is 10.9. The van der Waals surface area contributed by atoms with Crippen LogP contribution in [0.3, 0.4) is 0 Å². The molecule has 1 atom stereocenters. The topological polar surface area (TPSA) is 113 Å². The van der Waals surface area contributed by atoms with Crippen LogP contribution in [0.5, 0.6) is 0 Å². The summed E-state index contributed by atoms with van der Waals surface area (Å²) in [4.78, 5) is 35.0. The van der Waals surface area contributed by atoms with E-state index in [0.29, 0.717) is 43.5 Å². The fourth-order valence-corrected chi connectivity index (χ4v) is 3.78. The predicted octanol–water partition coefficient (Wildman–Crippen LogP) is 3.26. The van der Waals surface area contributed by atoms with Gasteiger partial charge in [0, 0.05) is 56.1 Å². The first-order valence-corrected chi connectivity index (χ1v) is 10.9. The Morgan fingerprint density at radius 2 is 2.15 bits per heavy atom. The maximum Gasteiger partial charge on any atom is 0.319 e. The number of anilines is 1. The predicted molar refractivity (Wildman–Crippen MR) is 119 cm³/mol. The number of carbonyl (C=O) groups excluding carboxylic acids is 2. The Bertz CT molecular complexity index is 1090. The number of halogens is 1. The monoisotopic (exact) mass is 452 g/mol. The summed E-state index contributed by atoms with van der Waals surface area (Å²) in [6.45, 7) is 1.70. The number of amides is 3. The van der Waals surface area contributed by atoms with Crippen LogP contribution in [0.4, 0.5) is 14.9 Å². The lowest BCUT2D eigenvalue weighted by Crippen LogP contribution is -2.44. The van der Waals surface area contributed by atoms with E-state index >= 15 is 0 Å². The minimum atomic E-state index is -0.414. The summed E-state index contributed by atoms with van der Waals surface area (Å²) in [7, 11) is 0. The first kappa shape index (κ1) is 22.4. The number of nitrogens with one attached hydrogen (secondary N) is 2. The van der Waals surface area contributed by atoms with Crippen LogP contribution in [0.1, 0.15) is 25.2 Å². The van der Waals surface area contributed by atoms with Gasteiger partial charge in [-0.2, -0.15) is 4.98 Å². The summed E-state index contributed by atoms with van der Waals surface area (Å²) >= 11 is 0. The number of piperidine rings is 1. The van der Waals surface area contributed by atoms with Crippen LogP contribution in [0.15, 0.2) is 53.3 Å². The van der Waals surface area contributed by atoms with Crippen LogP contribution >= 0.6 is 0 Å². The number of rotatable bonds is 7. The zero-order chi connectivity index (χ0) is 23.0. The summed E-state index contributed by atoms with van der Waals surface area (Å²) in [6, 6.07) is 8.95. The zero-order valence-corrected chi connectivity index (χ0v) is 18.0. The Morgan fingerprint density at radius 1 is 1.24 bits per heavy atom. The average molecular weight is 452 g/mol. The highest BCUT2D eigenvalue weighted by molar-refractivity contribution is 5.89. The largest absolute Gasteiger partial charge is 0.342 e. The van der Waals surface area contributed by atoms with Gasteiger partial charge in [-0.3, -0.25) is 9.78 Å². The molecule has 1 aliphatic rings. The minimum absolute atomic E-state index is 0.0186. The molecule has 3 heterocycles. The van der Waals surface area contributed by atoms with Gasteiger partial charge < -0.3 is 20.1 Å². The fourth-order valence-electron chi connectivity index (χ4n) is 3.78. The molecule has 2 aromatic heterocycles. The number of aromatic nitrogens is 3. The molecule has 4 rings (SSSR count). The van der Waals surface area contributed by atoms with E-state index in [1.165, 1.54) is 18.2 Å². The van der Waals surface area contributed by atoms with Gasteiger partial charge >= 0.3 is 6.03 Å². The third-order valence-electron chi connectivity index (χ3n) is 5.45. The van der Waals surface area contributed by atoms with E-state index in [0.717, 1.165) is 18.4 Å². The van der Waals surface area contributed by atoms with Gasteiger partial charge in [0.1, 0.15) is 5.82 Å². The van der Waals surface area contributed by atoms with Crippen LogP contribution in [-0.4, -0.2) is 51.6 Å². The van der Waals surface area contributed by atoms with Gasteiger partial charge in [0.15, 0.2) is 0 Å². The molecule has 0 saturated carbocycles. The van der Waals surface area contributed by atoms with E-state index in [9.17, 15) is 14.0 Å². The Balaban J connectivity index is 1.21. The lowest BCUT2D eigenvalue weighted by Gasteiger charge is -2.33. The molecule has 0 aliphatic carbocycles. The van der Waals surface area contributed by atoms with Crippen molar-refractivity contribution in [1.29, 1.82) is 0 Å². The second-order valence-corrected chi connectivity index (χ2v) is 7.95. The highest BCUT2D eigenvalue weighted by Crippen LogP contribution is 2.18. The molecular weight excluding hydrogens is 427 g/mol. The van der Waals surface area contributed by atoms with Crippen LogP contribution in [0, 0.1) is 11.7 Å². The quantitative estimate of drug-likeness (QED) is 0.569. The molecule has 0 bridgehead atoms. The molecule has 1 fully saturated rings. The van der Waals surface area contributed by atoms with Crippen LogP contribution < -0.4 is 10.6 Å². The van der Waals surface area contributed by atoms with Crippen molar-refractivity contribution in [2.24, 2.45) is 5.92 Å². The summed E-state index contributed by atoms with van der Waals surface area (Å²) in [5.74, 6) is 0.618. The van der Waals surface area contributed by atoms with Crippen molar-refractivity contribution in [2.75, 3.05) is 25.0 Å². The number of nitrogens with zero attached hydrogens (tertiary/aromatic N) is 4. The van der Waals surface area contributed by atoms with Crippen LogP contribution in [0.25, 0.3) is 11.4 Å². The van der Waals surface area contributed by atoms with Crippen molar-refractivity contribution in [1.82, 2.24) is 25.3 Å². The second-order valence-electron chi connectivity index (χ2n) is 7.95. The molecule has 172 valence electrons. The van der Waals surface area contributed by atoms with Gasteiger partial charge in [0.05, 0.1) is 0 Å². The highest BCUT2D eigenvalue weighted by atomic mass is 19.1. The van der Waals surface area contributed by atoms with E-state index in [4.69, 9.17) is 4.52 Å². The van der Waals surface area contributed by atoms with Crippen molar-refractivity contribution in [3.05, 3.63) is 60.5 Å². The molecule has 9 nitrogen and oxygen atoms in total. The summed E-state index contributed by atoms with van der Waals surface area (Å²) in [6.07, 6.45) is 5.75. The lowest BCUT2D eigenvalue weighted by atomic mass is 9.97. The van der Waals surface area contributed by atoms with Crippen molar-refractivity contribution in [3.63, 3.8) is 0 Å². The van der Waals surface area contributed by atoms with E-state index in [2.05, 4.69) is 25.8 Å². The molecule has 10 heteroatoms. The zero-order valence-electron chi connectivity index (χ0n) is 18.0. The number of carbonyl (C=O) groups is 2. The number of hydrogen-bond acceptors (Lipinski definition) is 6. The van der Waals surface area contributed by atoms with Crippen LogP contribution in [-0.2, 0) is 11.2 Å². The molecule has 1 aromatic carbocycles. The average Bonchev–Trinajstić information content (AvgIpc) is 3.31. The van der Waals surface area contributed by atoms with Crippen molar-refractivity contribution in [2.45, 2.75) is 25.7 Å². The molecule has 3 amide bonds. The molecule has 1 aliphatic heterocycles. The van der Waals surface area contributed by atoms with Crippen LogP contribution in [0.2, 0.25) is 0 Å². The summed E-state index contributed by atoms with van der Waals surface area (Å²) in [5, 5.41) is 9.36. The first-order chi connectivity index (χ1) is 16.1. The van der Waals surface area contributed by atoms with E-state index in [1.807, 2.05) is 11.0 Å². The molecule has 1 unspecified atom stereocenters. The van der Waals surface area contributed by atoms with Crippen molar-refractivity contribution < 1.29 is 18.5 Å². The normalized spacial score (nSPS) is 15.8. The molecule has 0 spiro atoms. The van der Waals surface area contributed by atoms with Gasteiger partial charge in [0.2, 0.25) is 17.6 Å². The van der Waals surface area contributed by atoms with Gasteiger partial charge in [-0.1, -0.05) is 11.2 Å². The van der Waals surface area contributed by atoms with Gasteiger partial charge in [-0.05, 0) is 49.1 Å². The molecule has 2 N–H and O–H groups in total. The van der Waals surface area contributed by atoms with Crippen molar-refractivity contribution in [3.8, 4) is 11.4 Å². The second kappa shape index (κ2) is 10.7. The third kappa shape index (κ3) is 6.34. The van der Waals surface area contributed by atoms with Gasteiger partial charge in [-0.25, -0.2) is 9.18 Å². The maximum atomic E-state index is 13.2. The fraction of sp³-hybridized carbons (Fsp3) is 0.348. The Hall–Kier alpha value is -3.82. The highest BCUT2D eigenvalue weighted by Gasteiger charge is 2.24. The minimum Gasteiger partial charge on any atom is -0.342 e. The molecule has 33 heavy (non-hydrogen) atoms. The van der Waals surface area contributed by atoms with E-state index in [-0.39, 0.29) is 18.2 Å². The van der Waals surface area contributed by atoms with Crippen molar-refractivity contribution >= 4 is 17.6 Å². The molecular formula is C23H25FN6O3. The van der Waals surface area contributed by atoms with Gasteiger partial charge in [0.25, 0.3) is 0 Å². The Labute approximate surface area is 190 Å². The smallest absolute Gasteiger partial charge is 0.319 e. The molecule has 0 radical (unpaired) electrons. The Kier molecular flexibility index (Phi) is 7.23. The molecule has 1 saturated heterocycles. The van der Waals surface area contributed by atoms with E-state index in [1.54, 1.807) is 24.5 Å². The summed E-state index contributed by atoms with van der Waals surface area (Å²) in [5.41, 5.74) is 1.15. The third-order valence-corrected chi connectivity index (χ3v) is 5.45. The van der Waals surface area contributed by atoms with E-state index < -0.39 is 11.8 Å². The number of pyridine rings is 1. The van der Waals surface area contributed by atoms with Gasteiger partial charge in [-0.15, -0.1) is 0 Å². The standard InChI is InChI=1S/C23H25FN6O3/c24-18-6-1-7-19(12-18)27-23(32)26-13-16-4-3-11-30(15-16)21(31)9-8-20-28-22(29-33-20)17-5-2-10-25-14-17/h1-2,5-7,10,12,14,16H,3-4,8-9,11,13,15H2,(H2,26,27,32). The number of hydrogen-bond donors (Lipinski definition) is 2. The SMILES string of the molecule is O=C(NCC1CCCN(C(=O)CCc2nc(-c3cccnc3)no2)C1)Nc1cccc(F)c1. The number of benzene rings is 1. The Morgan fingerprint density at radius 3 is 2.97 bits per heavy atom. The summed E-state index contributed by atoms with van der Waals surface area (Å²) < 4.78 is 18.5. The number of urea groups is 1.